The minimum atomic E-state index is -0.907. The van der Waals surface area contributed by atoms with Crippen molar-refractivity contribution in [2.45, 2.75) is 13.5 Å². The highest BCUT2D eigenvalue weighted by atomic mass is 35.5. The van der Waals surface area contributed by atoms with Crippen molar-refractivity contribution in [2.75, 3.05) is 5.32 Å². The van der Waals surface area contributed by atoms with E-state index in [9.17, 15) is 4.79 Å². The molecule has 0 unspecified atom stereocenters. The molecule has 2 aromatic rings. The molecule has 0 aliphatic carbocycles. The predicted molar refractivity (Wildman–Crippen MR) is 75.9 cm³/mol. The number of rotatable bonds is 4. The summed E-state index contributed by atoms with van der Waals surface area (Å²) in [6, 6.07) is 6.97. The molecule has 0 atom stereocenters. The Balaban J connectivity index is 0.00000180. The molecule has 2 N–H and O–H groups in total. The van der Waals surface area contributed by atoms with Gasteiger partial charge in [-0.15, -0.1) is 12.4 Å². The first-order valence-electron chi connectivity index (χ1n) is 5.63. The summed E-state index contributed by atoms with van der Waals surface area (Å²) in [6.45, 7) is 2.38. The van der Waals surface area contributed by atoms with E-state index in [4.69, 9.17) is 5.11 Å². The molecule has 0 aliphatic rings. The number of aromatic carboxylic acids is 1. The number of halogens is 1. The van der Waals surface area contributed by atoms with Crippen LogP contribution in [0.5, 0.6) is 0 Å². The minimum Gasteiger partial charge on any atom is -0.478 e. The smallest absolute Gasteiger partial charge is 0.336 e. The number of carboxylic acids is 1. The zero-order valence-electron chi connectivity index (χ0n) is 10.8. The van der Waals surface area contributed by atoms with Crippen LogP contribution in [0.25, 0.3) is 0 Å². The summed E-state index contributed by atoms with van der Waals surface area (Å²) in [4.78, 5) is 11.1. The van der Waals surface area contributed by atoms with Gasteiger partial charge in [0.25, 0.3) is 0 Å². The number of benzene rings is 1. The van der Waals surface area contributed by atoms with Gasteiger partial charge in [0.15, 0.2) is 0 Å². The van der Waals surface area contributed by atoms with Crippen molar-refractivity contribution in [1.29, 1.82) is 0 Å². The SMILES string of the molecule is Cc1nn(C)cc1NCc1ccccc1C(=O)O.Cl. The highest BCUT2D eigenvalue weighted by Gasteiger charge is 2.09. The molecule has 0 saturated heterocycles. The number of hydrogen-bond acceptors (Lipinski definition) is 3. The van der Waals surface area contributed by atoms with Crippen LogP contribution in [0.3, 0.4) is 0 Å². The molecule has 1 aromatic heterocycles. The van der Waals surface area contributed by atoms with Gasteiger partial charge in [0, 0.05) is 19.8 Å². The van der Waals surface area contributed by atoms with Gasteiger partial charge in [-0.3, -0.25) is 4.68 Å². The summed E-state index contributed by atoms with van der Waals surface area (Å²) in [5, 5.41) is 16.5. The first-order chi connectivity index (χ1) is 8.58. The quantitative estimate of drug-likeness (QED) is 0.903. The average Bonchev–Trinajstić information content (AvgIpc) is 2.65. The third-order valence-corrected chi connectivity index (χ3v) is 2.73. The lowest BCUT2D eigenvalue weighted by molar-refractivity contribution is 0.0696. The minimum absolute atomic E-state index is 0. The summed E-state index contributed by atoms with van der Waals surface area (Å²) in [6.07, 6.45) is 1.87. The zero-order chi connectivity index (χ0) is 13.1. The van der Waals surface area contributed by atoms with Gasteiger partial charge in [-0.05, 0) is 18.6 Å². The lowest BCUT2D eigenvalue weighted by Gasteiger charge is -2.07. The molecule has 6 heteroatoms. The fraction of sp³-hybridized carbons (Fsp3) is 0.231. The summed E-state index contributed by atoms with van der Waals surface area (Å²) in [5.74, 6) is -0.907. The lowest BCUT2D eigenvalue weighted by atomic mass is 10.1. The standard InChI is InChI=1S/C13H15N3O2.ClH/c1-9-12(8-16(2)15-9)14-7-10-5-3-4-6-11(10)13(17)18;/h3-6,8,14H,7H2,1-2H3,(H,17,18);1H. The Bertz CT molecular complexity index is 581. The van der Waals surface area contributed by atoms with E-state index >= 15 is 0 Å². The largest absolute Gasteiger partial charge is 0.478 e. The van der Waals surface area contributed by atoms with Crippen LogP contribution in [0.2, 0.25) is 0 Å². The highest BCUT2D eigenvalue weighted by Crippen LogP contribution is 2.15. The zero-order valence-corrected chi connectivity index (χ0v) is 11.6. The van der Waals surface area contributed by atoms with E-state index in [1.165, 1.54) is 0 Å². The molecule has 0 radical (unpaired) electrons. The molecule has 19 heavy (non-hydrogen) atoms. The number of aromatic nitrogens is 2. The number of nitrogens with one attached hydrogen (secondary N) is 1. The Kier molecular flexibility index (Phi) is 4.94. The molecule has 0 bridgehead atoms. The van der Waals surface area contributed by atoms with E-state index < -0.39 is 5.97 Å². The Morgan fingerprint density at radius 3 is 2.68 bits per heavy atom. The second kappa shape index (κ2) is 6.24. The van der Waals surface area contributed by atoms with Crippen LogP contribution < -0.4 is 5.32 Å². The molecule has 2 rings (SSSR count). The van der Waals surface area contributed by atoms with E-state index in [1.54, 1.807) is 16.8 Å². The van der Waals surface area contributed by atoms with Crippen LogP contribution >= 0.6 is 12.4 Å². The Morgan fingerprint density at radius 1 is 1.42 bits per heavy atom. The fourth-order valence-corrected chi connectivity index (χ4v) is 1.85. The number of aryl methyl sites for hydroxylation is 2. The maximum atomic E-state index is 11.1. The molecule has 0 saturated carbocycles. The predicted octanol–water partition coefficient (Wildman–Crippen LogP) is 2.46. The fourth-order valence-electron chi connectivity index (χ4n) is 1.85. The van der Waals surface area contributed by atoms with Gasteiger partial charge in [0.05, 0.1) is 16.9 Å². The third kappa shape index (κ3) is 3.48. The van der Waals surface area contributed by atoms with Gasteiger partial charge in [-0.2, -0.15) is 5.10 Å². The van der Waals surface area contributed by atoms with Crippen molar-refractivity contribution >= 4 is 24.1 Å². The molecule has 102 valence electrons. The maximum absolute atomic E-state index is 11.1. The first kappa shape index (κ1) is 15.0. The van der Waals surface area contributed by atoms with Gasteiger partial charge in [0.1, 0.15) is 0 Å². The van der Waals surface area contributed by atoms with E-state index in [-0.39, 0.29) is 12.4 Å². The Labute approximate surface area is 117 Å². The van der Waals surface area contributed by atoms with Crippen LogP contribution in [0.4, 0.5) is 5.69 Å². The van der Waals surface area contributed by atoms with Gasteiger partial charge >= 0.3 is 5.97 Å². The van der Waals surface area contributed by atoms with Gasteiger partial charge in [0.2, 0.25) is 0 Å². The van der Waals surface area contributed by atoms with Crippen LogP contribution in [0.15, 0.2) is 30.5 Å². The molecule has 0 aliphatic heterocycles. The van der Waals surface area contributed by atoms with E-state index in [1.807, 2.05) is 32.3 Å². The number of nitrogens with zero attached hydrogens (tertiary/aromatic N) is 2. The van der Waals surface area contributed by atoms with E-state index in [0.717, 1.165) is 16.9 Å². The van der Waals surface area contributed by atoms with Crippen LogP contribution in [-0.2, 0) is 13.6 Å². The molecular formula is C13H16ClN3O2. The van der Waals surface area contributed by atoms with Gasteiger partial charge in [-0.1, -0.05) is 18.2 Å². The molecule has 1 heterocycles. The molecule has 5 nitrogen and oxygen atoms in total. The summed E-state index contributed by atoms with van der Waals surface area (Å²) < 4.78 is 1.72. The van der Waals surface area contributed by atoms with Crippen molar-refractivity contribution in [3.8, 4) is 0 Å². The number of hydrogen-bond donors (Lipinski definition) is 2. The second-order valence-corrected chi connectivity index (χ2v) is 4.12. The van der Waals surface area contributed by atoms with Crippen LogP contribution in [-0.4, -0.2) is 20.9 Å². The summed E-state index contributed by atoms with van der Waals surface area (Å²) in [5.41, 5.74) is 2.89. The third-order valence-electron chi connectivity index (χ3n) is 2.73. The van der Waals surface area contributed by atoms with Gasteiger partial charge in [-0.25, -0.2) is 4.79 Å². The van der Waals surface area contributed by atoms with Gasteiger partial charge < -0.3 is 10.4 Å². The second-order valence-electron chi connectivity index (χ2n) is 4.12. The Morgan fingerprint density at radius 2 is 2.11 bits per heavy atom. The first-order valence-corrected chi connectivity index (χ1v) is 5.63. The summed E-state index contributed by atoms with van der Waals surface area (Å²) in [7, 11) is 1.85. The summed E-state index contributed by atoms with van der Waals surface area (Å²) >= 11 is 0. The monoisotopic (exact) mass is 281 g/mol. The maximum Gasteiger partial charge on any atom is 0.336 e. The van der Waals surface area contributed by atoms with Crippen molar-refractivity contribution in [3.63, 3.8) is 0 Å². The highest BCUT2D eigenvalue weighted by molar-refractivity contribution is 5.89. The van der Waals surface area contributed by atoms with E-state index in [0.29, 0.717) is 12.1 Å². The number of carbonyl (C=O) groups is 1. The normalized spacial score (nSPS) is 9.79. The number of anilines is 1. The molecule has 0 fully saturated rings. The van der Waals surface area contributed by atoms with Crippen molar-refractivity contribution in [1.82, 2.24) is 9.78 Å². The van der Waals surface area contributed by atoms with Crippen molar-refractivity contribution in [2.24, 2.45) is 7.05 Å². The lowest BCUT2D eigenvalue weighted by Crippen LogP contribution is -2.07. The van der Waals surface area contributed by atoms with Crippen molar-refractivity contribution < 1.29 is 9.90 Å². The molecule has 0 amide bonds. The molecule has 0 spiro atoms. The van der Waals surface area contributed by atoms with Crippen LogP contribution in [0, 0.1) is 6.92 Å². The average molecular weight is 282 g/mol. The Hall–Kier alpha value is -2.01. The topological polar surface area (TPSA) is 67.2 Å². The number of carboxylic acid groups (broad SMARTS) is 1. The molecule has 1 aromatic carbocycles. The van der Waals surface area contributed by atoms with Crippen LogP contribution in [0.1, 0.15) is 21.6 Å². The van der Waals surface area contributed by atoms with E-state index in [2.05, 4.69) is 10.4 Å². The van der Waals surface area contributed by atoms with Crippen molar-refractivity contribution in [3.05, 3.63) is 47.3 Å². The molecular weight excluding hydrogens is 266 g/mol.